The third kappa shape index (κ3) is 5.48. The Labute approximate surface area is 144 Å². The number of guanidine groups is 1. The van der Waals surface area contributed by atoms with Crippen LogP contribution in [0.1, 0.15) is 63.3 Å². The molecule has 1 aliphatic carbocycles. The molecule has 0 saturated heterocycles. The highest BCUT2D eigenvalue weighted by molar-refractivity contribution is 14.0. The van der Waals surface area contributed by atoms with E-state index < -0.39 is 0 Å². The Balaban J connectivity index is 0.00000220. The van der Waals surface area contributed by atoms with Gasteiger partial charge in [-0.2, -0.15) is 0 Å². The van der Waals surface area contributed by atoms with Crippen LogP contribution in [0.15, 0.2) is 15.6 Å². The number of hydrogen-bond donors (Lipinski definition) is 2. The topological polar surface area (TPSA) is 76.4 Å². The van der Waals surface area contributed by atoms with Gasteiger partial charge in [0.15, 0.2) is 11.7 Å². The fourth-order valence-electron chi connectivity index (χ4n) is 2.47. The fourth-order valence-corrected chi connectivity index (χ4v) is 2.47. The van der Waals surface area contributed by atoms with Crippen LogP contribution >= 0.6 is 24.0 Å². The number of nitrogens with one attached hydrogen (secondary N) is 1. The molecule has 0 bridgehead atoms. The predicted octanol–water partition coefficient (Wildman–Crippen LogP) is 3.40. The molecule has 2 rings (SSSR count). The zero-order valence-electron chi connectivity index (χ0n) is 13.0. The van der Waals surface area contributed by atoms with Gasteiger partial charge in [0.05, 0.1) is 5.69 Å². The first kappa shape index (κ1) is 18.3. The molecule has 1 heterocycles. The summed E-state index contributed by atoms with van der Waals surface area (Å²) in [6, 6.07) is 2.00. The monoisotopic (exact) mass is 406 g/mol. The zero-order valence-corrected chi connectivity index (χ0v) is 15.3. The normalized spacial score (nSPS) is 15.7. The number of aromatic nitrogens is 1. The highest BCUT2D eigenvalue weighted by Crippen LogP contribution is 2.25. The Kier molecular flexibility index (Phi) is 8.06. The first-order valence-electron chi connectivity index (χ1n) is 7.72. The lowest BCUT2D eigenvalue weighted by atomic mass is 9.85. The molecule has 1 saturated carbocycles. The van der Waals surface area contributed by atoms with Crippen molar-refractivity contribution in [3.8, 4) is 0 Å². The summed E-state index contributed by atoms with van der Waals surface area (Å²) in [6.45, 7) is 5.73. The smallest absolute Gasteiger partial charge is 0.189 e. The highest BCUT2D eigenvalue weighted by atomic mass is 127. The minimum absolute atomic E-state index is 0. The Bertz CT molecular complexity index is 439. The van der Waals surface area contributed by atoms with E-state index >= 15 is 0 Å². The molecule has 5 nitrogen and oxygen atoms in total. The predicted molar refractivity (Wildman–Crippen MR) is 95.9 cm³/mol. The third-order valence-electron chi connectivity index (χ3n) is 4.18. The molecule has 120 valence electrons. The van der Waals surface area contributed by atoms with E-state index in [0.717, 1.165) is 36.8 Å². The minimum atomic E-state index is 0. The van der Waals surface area contributed by atoms with E-state index in [2.05, 4.69) is 29.3 Å². The Morgan fingerprint density at radius 2 is 2.19 bits per heavy atom. The number of halogens is 1. The van der Waals surface area contributed by atoms with Gasteiger partial charge in [0, 0.05) is 18.5 Å². The summed E-state index contributed by atoms with van der Waals surface area (Å²) in [6.07, 6.45) is 6.12. The van der Waals surface area contributed by atoms with Gasteiger partial charge in [-0.05, 0) is 31.6 Å². The summed E-state index contributed by atoms with van der Waals surface area (Å²) < 4.78 is 5.32. The van der Waals surface area contributed by atoms with Crippen molar-refractivity contribution in [2.75, 3.05) is 6.54 Å². The average molecular weight is 406 g/mol. The molecule has 1 aliphatic rings. The van der Waals surface area contributed by atoms with E-state index in [-0.39, 0.29) is 24.0 Å². The molecular weight excluding hydrogens is 379 g/mol. The van der Waals surface area contributed by atoms with E-state index in [1.165, 1.54) is 19.3 Å². The lowest BCUT2D eigenvalue weighted by Crippen LogP contribution is -2.37. The molecule has 0 aliphatic heterocycles. The van der Waals surface area contributed by atoms with E-state index in [0.29, 0.717) is 18.4 Å². The summed E-state index contributed by atoms with van der Waals surface area (Å²) in [5.74, 6) is 2.53. The Morgan fingerprint density at radius 1 is 1.48 bits per heavy atom. The summed E-state index contributed by atoms with van der Waals surface area (Å²) >= 11 is 0. The quantitative estimate of drug-likeness (QED) is 0.414. The summed E-state index contributed by atoms with van der Waals surface area (Å²) in [4.78, 5) is 4.30. The second kappa shape index (κ2) is 9.27. The summed E-state index contributed by atoms with van der Waals surface area (Å²) in [5, 5.41) is 7.30. The van der Waals surface area contributed by atoms with Gasteiger partial charge < -0.3 is 15.6 Å². The maximum atomic E-state index is 5.84. The molecule has 1 fully saturated rings. The van der Waals surface area contributed by atoms with Crippen molar-refractivity contribution >= 4 is 29.9 Å². The van der Waals surface area contributed by atoms with Gasteiger partial charge in [-0.3, -0.25) is 0 Å². The molecule has 0 amide bonds. The Hall–Kier alpha value is -0.790. The van der Waals surface area contributed by atoms with Crippen molar-refractivity contribution in [3.05, 3.63) is 17.5 Å². The standard InChI is InChI=1S/C15H26N4O.HI/c1-3-12(4-2)14-8-13(20-19-14)10-18-15(16)17-9-11-6-5-7-11;/h8,11-12H,3-7,9-10H2,1-2H3,(H3,16,17,18);1H. The van der Waals surface area contributed by atoms with Crippen molar-refractivity contribution in [2.45, 2.75) is 58.4 Å². The maximum Gasteiger partial charge on any atom is 0.189 e. The van der Waals surface area contributed by atoms with E-state index in [1.807, 2.05) is 6.07 Å². The largest absolute Gasteiger partial charge is 0.370 e. The fraction of sp³-hybridized carbons (Fsp3) is 0.733. The molecule has 1 aromatic heterocycles. The lowest BCUT2D eigenvalue weighted by Gasteiger charge is -2.25. The van der Waals surface area contributed by atoms with Crippen LogP contribution in [0.2, 0.25) is 0 Å². The van der Waals surface area contributed by atoms with Crippen molar-refractivity contribution < 1.29 is 4.52 Å². The summed E-state index contributed by atoms with van der Waals surface area (Å²) in [7, 11) is 0. The van der Waals surface area contributed by atoms with E-state index in [4.69, 9.17) is 10.3 Å². The van der Waals surface area contributed by atoms with E-state index in [9.17, 15) is 0 Å². The average Bonchev–Trinajstić information content (AvgIpc) is 2.85. The number of nitrogens with two attached hydrogens (primary N) is 1. The molecule has 0 spiro atoms. The van der Waals surface area contributed by atoms with Crippen LogP contribution in [0.5, 0.6) is 0 Å². The Morgan fingerprint density at radius 3 is 2.76 bits per heavy atom. The number of nitrogens with zero attached hydrogens (tertiary/aromatic N) is 2. The number of hydrogen-bond acceptors (Lipinski definition) is 3. The highest BCUT2D eigenvalue weighted by Gasteiger charge is 2.17. The second-order valence-electron chi connectivity index (χ2n) is 5.61. The van der Waals surface area contributed by atoms with Crippen molar-refractivity contribution in [1.82, 2.24) is 10.5 Å². The van der Waals surface area contributed by atoms with Crippen LogP contribution in [0.4, 0.5) is 0 Å². The molecule has 1 aromatic rings. The first-order chi connectivity index (χ1) is 9.72. The molecule has 6 heteroatoms. The van der Waals surface area contributed by atoms with Crippen LogP contribution in [-0.2, 0) is 6.54 Å². The SMILES string of the molecule is CCC(CC)c1cc(CN=C(N)NCC2CCC2)on1.I. The second-order valence-corrected chi connectivity index (χ2v) is 5.61. The van der Waals surface area contributed by atoms with Crippen molar-refractivity contribution in [2.24, 2.45) is 16.6 Å². The van der Waals surface area contributed by atoms with Gasteiger partial charge in [0.25, 0.3) is 0 Å². The minimum Gasteiger partial charge on any atom is -0.370 e. The van der Waals surface area contributed by atoms with Gasteiger partial charge in [0.2, 0.25) is 0 Å². The molecular formula is C15H27IN4O. The van der Waals surface area contributed by atoms with Gasteiger partial charge in [-0.1, -0.05) is 25.4 Å². The zero-order chi connectivity index (χ0) is 14.4. The lowest BCUT2D eigenvalue weighted by molar-refractivity contribution is 0.315. The van der Waals surface area contributed by atoms with Crippen molar-refractivity contribution in [3.63, 3.8) is 0 Å². The first-order valence-corrected chi connectivity index (χ1v) is 7.72. The molecule has 21 heavy (non-hydrogen) atoms. The van der Waals surface area contributed by atoms with Crippen LogP contribution < -0.4 is 11.1 Å². The number of rotatable bonds is 7. The van der Waals surface area contributed by atoms with Crippen molar-refractivity contribution in [1.29, 1.82) is 0 Å². The van der Waals surface area contributed by atoms with Crippen LogP contribution in [0.3, 0.4) is 0 Å². The van der Waals surface area contributed by atoms with E-state index in [1.54, 1.807) is 0 Å². The molecule has 0 radical (unpaired) electrons. The van der Waals surface area contributed by atoms with Gasteiger partial charge in [0.1, 0.15) is 6.54 Å². The van der Waals surface area contributed by atoms with Crippen LogP contribution in [-0.4, -0.2) is 17.7 Å². The molecule has 3 N–H and O–H groups in total. The van der Waals surface area contributed by atoms with Gasteiger partial charge in [-0.25, -0.2) is 4.99 Å². The van der Waals surface area contributed by atoms with Gasteiger partial charge >= 0.3 is 0 Å². The summed E-state index contributed by atoms with van der Waals surface area (Å²) in [5.41, 5.74) is 6.87. The maximum absolute atomic E-state index is 5.84. The molecule has 0 atom stereocenters. The molecule has 0 unspecified atom stereocenters. The molecule has 0 aromatic carbocycles. The van der Waals surface area contributed by atoms with Crippen LogP contribution in [0.25, 0.3) is 0 Å². The van der Waals surface area contributed by atoms with Crippen LogP contribution in [0, 0.1) is 5.92 Å². The third-order valence-corrected chi connectivity index (χ3v) is 4.18. The van der Waals surface area contributed by atoms with Gasteiger partial charge in [-0.15, -0.1) is 24.0 Å². The number of aliphatic imine (C=N–C) groups is 1.